The van der Waals surface area contributed by atoms with E-state index in [-0.39, 0.29) is 5.91 Å². The van der Waals surface area contributed by atoms with Crippen molar-refractivity contribution in [3.8, 4) is 6.07 Å². The van der Waals surface area contributed by atoms with E-state index in [0.29, 0.717) is 0 Å². The number of nitrogens with one attached hydrogen (secondary N) is 1. The van der Waals surface area contributed by atoms with Gasteiger partial charge in [-0.3, -0.25) is 4.79 Å². The molecule has 1 amide bonds. The molecule has 1 aromatic heterocycles. The summed E-state index contributed by atoms with van der Waals surface area (Å²) in [6, 6.07) is 4.32. The number of carbonyl (C=O) groups excluding carboxylic acids is 1. The first-order chi connectivity index (χ1) is 8.72. The largest absolute Gasteiger partial charge is 0.333 e. The molecule has 0 aliphatic heterocycles. The number of fused-ring (bicyclic) bond motifs is 1. The number of carbonyl (C=O) groups is 1. The topological polar surface area (TPSA) is 52.9 Å². The van der Waals surface area contributed by atoms with Crippen molar-refractivity contribution in [1.82, 2.24) is 5.32 Å². The summed E-state index contributed by atoms with van der Waals surface area (Å²) in [7, 11) is 0. The minimum atomic E-state index is -0.606. The molecule has 4 heteroatoms. The van der Waals surface area contributed by atoms with E-state index in [1.807, 2.05) is 6.07 Å². The van der Waals surface area contributed by atoms with Crippen LogP contribution in [0.2, 0.25) is 0 Å². The Hall–Kier alpha value is -1.34. The fourth-order valence-electron chi connectivity index (χ4n) is 2.96. The Morgan fingerprint density at radius 2 is 2.11 bits per heavy atom. The molecule has 3 nitrogen and oxygen atoms in total. The van der Waals surface area contributed by atoms with Gasteiger partial charge in [0.05, 0.1) is 10.9 Å². The van der Waals surface area contributed by atoms with Crippen molar-refractivity contribution in [2.45, 2.75) is 50.5 Å². The van der Waals surface area contributed by atoms with Crippen LogP contribution in [0.1, 0.15) is 52.2 Å². The van der Waals surface area contributed by atoms with Crippen molar-refractivity contribution in [1.29, 1.82) is 5.26 Å². The Kier molecular flexibility index (Phi) is 2.87. The van der Waals surface area contributed by atoms with E-state index in [1.165, 1.54) is 16.9 Å². The Balaban J connectivity index is 1.76. The van der Waals surface area contributed by atoms with Crippen LogP contribution in [0, 0.1) is 11.3 Å². The lowest BCUT2D eigenvalue weighted by Gasteiger charge is -2.21. The van der Waals surface area contributed by atoms with Crippen LogP contribution >= 0.6 is 11.3 Å². The molecular formula is C14H16N2OS. The Morgan fingerprint density at radius 3 is 2.78 bits per heavy atom. The average Bonchev–Trinajstić information content (AvgIpc) is 3.03. The third kappa shape index (κ3) is 1.93. The molecule has 0 radical (unpaired) electrons. The van der Waals surface area contributed by atoms with E-state index in [1.54, 1.807) is 11.3 Å². The Bertz CT molecular complexity index is 499. The van der Waals surface area contributed by atoms with Crippen LogP contribution in [0.15, 0.2) is 6.07 Å². The summed E-state index contributed by atoms with van der Waals surface area (Å²) >= 11 is 1.60. The molecule has 18 heavy (non-hydrogen) atoms. The molecule has 2 aliphatic rings. The van der Waals surface area contributed by atoms with Crippen molar-refractivity contribution in [2.24, 2.45) is 0 Å². The molecular weight excluding hydrogens is 244 g/mol. The van der Waals surface area contributed by atoms with Crippen molar-refractivity contribution in [3.63, 3.8) is 0 Å². The molecule has 0 spiro atoms. The summed E-state index contributed by atoms with van der Waals surface area (Å²) in [5, 5.41) is 12.2. The second-order valence-corrected chi connectivity index (χ2v) is 6.40. The van der Waals surface area contributed by atoms with E-state index in [4.69, 9.17) is 0 Å². The van der Waals surface area contributed by atoms with Gasteiger partial charge in [-0.15, -0.1) is 11.3 Å². The van der Waals surface area contributed by atoms with Gasteiger partial charge < -0.3 is 5.32 Å². The third-order valence-electron chi connectivity index (χ3n) is 3.99. The van der Waals surface area contributed by atoms with Crippen molar-refractivity contribution >= 4 is 17.2 Å². The van der Waals surface area contributed by atoms with Crippen LogP contribution in [-0.2, 0) is 12.8 Å². The summed E-state index contributed by atoms with van der Waals surface area (Å²) in [6.07, 6.45) is 7.08. The van der Waals surface area contributed by atoms with Crippen molar-refractivity contribution in [3.05, 3.63) is 21.4 Å². The monoisotopic (exact) mass is 260 g/mol. The van der Waals surface area contributed by atoms with Gasteiger partial charge in [-0.2, -0.15) is 5.26 Å². The molecule has 2 aliphatic carbocycles. The maximum absolute atomic E-state index is 12.2. The number of hydrogen-bond donors (Lipinski definition) is 1. The highest BCUT2D eigenvalue weighted by atomic mass is 32.1. The molecule has 0 bridgehead atoms. The number of nitriles is 1. The lowest BCUT2D eigenvalue weighted by molar-refractivity contribution is 0.0925. The first-order valence-electron chi connectivity index (χ1n) is 6.58. The van der Waals surface area contributed by atoms with Gasteiger partial charge in [0.15, 0.2) is 0 Å². The predicted molar refractivity (Wildman–Crippen MR) is 70.6 cm³/mol. The number of aryl methyl sites for hydroxylation is 2. The molecule has 1 saturated carbocycles. The van der Waals surface area contributed by atoms with Crippen LogP contribution in [0.25, 0.3) is 0 Å². The van der Waals surface area contributed by atoms with Gasteiger partial charge in [-0.25, -0.2) is 0 Å². The molecule has 3 rings (SSSR count). The molecule has 1 aromatic rings. The lowest BCUT2D eigenvalue weighted by atomic mass is 10.00. The number of amides is 1. The van der Waals surface area contributed by atoms with E-state index >= 15 is 0 Å². The highest BCUT2D eigenvalue weighted by molar-refractivity contribution is 7.14. The number of rotatable bonds is 2. The summed E-state index contributed by atoms with van der Waals surface area (Å²) in [5.74, 6) is -0.0575. The summed E-state index contributed by atoms with van der Waals surface area (Å²) < 4.78 is 0. The van der Waals surface area contributed by atoms with E-state index in [2.05, 4.69) is 11.4 Å². The summed E-state index contributed by atoms with van der Waals surface area (Å²) in [6.45, 7) is 0. The normalized spacial score (nSPS) is 20.4. The van der Waals surface area contributed by atoms with Crippen LogP contribution in [-0.4, -0.2) is 11.4 Å². The standard InChI is InChI=1S/C14H16N2OS/c15-9-14(6-1-2-7-14)16-13(17)12-8-10-4-3-5-11(10)18-12/h8H,1-7H2,(H,16,17). The molecule has 0 unspecified atom stereocenters. The lowest BCUT2D eigenvalue weighted by Crippen LogP contribution is -2.44. The Labute approximate surface area is 111 Å². The first-order valence-corrected chi connectivity index (χ1v) is 7.39. The minimum absolute atomic E-state index is 0.0575. The second-order valence-electron chi connectivity index (χ2n) is 5.27. The number of hydrogen-bond acceptors (Lipinski definition) is 3. The van der Waals surface area contributed by atoms with Crippen molar-refractivity contribution < 1.29 is 4.79 Å². The first kappa shape index (κ1) is 11.7. The minimum Gasteiger partial charge on any atom is -0.333 e. The third-order valence-corrected chi connectivity index (χ3v) is 5.23. The van der Waals surface area contributed by atoms with Gasteiger partial charge in [0, 0.05) is 4.88 Å². The van der Waals surface area contributed by atoms with Crippen LogP contribution in [0.4, 0.5) is 0 Å². The van der Waals surface area contributed by atoms with E-state index in [0.717, 1.165) is 43.4 Å². The molecule has 0 aromatic carbocycles. The molecule has 0 saturated heterocycles. The fraction of sp³-hybridized carbons (Fsp3) is 0.571. The molecule has 0 atom stereocenters. The van der Waals surface area contributed by atoms with Gasteiger partial charge in [0.2, 0.25) is 0 Å². The zero-order valence-corrected chi connectivity index (χ0v) is 11.1. The highest BCUT2D eigenvalue weighted by Gasteiger charge is 2.36. The fourth-order valence-corrected chi connectivity index (χ4v) is 4.11. The second kappa shape index (κ2) is 4.40. The Morgan fingerprint density at radius 1 is 1.33 bits per heavy atom. The van der Waals surface area contributed by atoms with Gasteiger partial charge in [-0.05, 0) is 56.6 Å². The quantitative estimate of drug-likeness (QED) is 0.889. The van der Waals surface area contributed by atoms with Gasteiger partial charge in [0.1, 0.15) is 5.54 Å². The number of thiophene rings is 1. The average molecular weight is 260 g/mol. The van der Waals surface area contributed by atoms with E-state index < -0.39 is 5.54 Å². The molecule has 1 fully saturated rings. The highest BCUT2D eigenvalue weighted by Crippen LogP contribution is 2.32. The summed E-state index contributed by atoms with van der Waals surface area (Å²) in [5.41, 5.74) is 0.730. The van der Waals surface area contributed by atoms with E-state index in [9.17, 15) is 10.1 Å². The van der Waals surface area contributed by atoms with Gasteiger partial charge >= 0.3 is 0 Å². The summed E-state index contributed by atoms with van der Waals surface area (Å²) in [4.78, 5) is 14.4. The maximum atomic E-state index is 12.2. The van der Waals surface area contributed by atoms with Crippen LogP contribution in [0.5, 0.6) is 0 Å². The zero-order chi connectivity index (χ0) is 12.6. The maximum Gasteiger partial charge on any atom is 0.262 e. The smallest absolute Gasteiger partial charge is 0.262 e. The van der Waals surface area contributed by atoms with Crippen molar-refractivity contribution in [2.75, 3.05) is 0 Å². The molecule has 94 valence electrons. The zero-order valence-electron chi connectivity index (χ0n) is 10.3. The van der Waals surface area contributed by atoms with Crippen LogP contribution in [0.3, 0.4) is 0 Å². The predicted octanol–water partition coefficient (Wildman–Crippen LogP) is 2.80. The SMILES string of the molecule is N#CC1(NC(=O)c2cc3c(s2)CCC3)CCCC1. The molecule has 1 heterocycles. The number of nitrogens with zero attached hydrogens (tertiary/aromatic N) is 1. The van der Waals surface area contributed by atoms with Crippen LogP contribution < -0.4 is 5.32 Å². The molecule has 1 N–H and O–H groups in total. The van der Waals surface area contributed by atoms with Gasteiger partial charge in [-0.1, -0.05) is 0 Å². The van der Waals surface area contributed by atoms with Gasteiger partial charge in [0.25, 0.3) is 5.91 Å².